The lowest BCUT2D eigenvalue weighted by Crippen LogP contribution is -2.47. The molecule has 1 aromatic rings. The number of methoxy groups -OCH3 is 1. The van der Waals surface area contributed by atoms with E-state index in [0.29, 0.717) is 38.0 Å². The summed E-state index contributed by atoms with van der Waals surface area (Å²) in [6, 6.07) is 7.60. The van der Waals surface area contributed by atoms with Crippen molar-refractivity contribution in [1.29, 1.82) is 0 Å². The zero-order chi connectivity index (χ0) is 24.6. The molecule has 2 atom stereocenters. The predicted molar refractivity (Wildman–Crippen MR) is 131 cm³/mol. The van der Waals surface area contributed by atoms with Crippen LogP contribution in [-0.2, 0) is 14.3 Å². The third-order valence-electron chi connectivity index (χ3n) is 5.45. The zero-order valence-electron chi connectivity index (χ0n) is 20.9. The minimum Gasteiger partial charge on any atom is -0.486 e. The Morgan fingerprint density at radius 3 is 2.61 bits per heavy atom. The molecule has 2 amide bonds. The lowest BCUT2D eigenvalue weighted by molar-refractivity contribution is -0.135. The molecule has 0 saturated carbocycles. The highest BCUT2D eigenvalue weighted by molar-refractivity contribution is 5.94. The van der Waals surface area contributed by atoms with Crippen molar-refractivity contribution in [3.8, 4) is 5.75 Å². The summed E-state index contributed by atoms with van der Waals surface area (Å²) >= 11 is 0. The van der Waals surface area contributed by atoms with E-state index in [1.54, 1.807) is 7.11 Å². The first kappa shape index (κ1) is 28.7. The van der Waals surface area contributed by atoms with Crippen LogP contribution in [0.3, 0.4) is 0 Å². The molecule has 0 fully saturated rings. The second kappa shape index (κ2) is 16.3. The van der Waals surface area contributed by atoms with Gasteiger partial charge >= 0.3 is 0 Å². The lowest BCUT2D eigenvalue weighted by atomic mass is 9.90. The summed E-state index contributed by atoms with van der Waals surface area (Å²) in [5.74, 6) is 0.612. The summed E-state index contributed by atoms with van der Waals surface area (Å²) in [6.45, 7) is 9.02. The van der Waals surface area contributed by atoms with Crippen molar-refractivity contribution >= 4 is 11.8 Å². The minimum absolute atomic E-state index is 0.0792. The van der Waals surface area contributed by atoms with Gasteiger partial charge in [0, 0.05) is 44.7 Å². The average Bonchev–Trinajstić information content (AvgIpc) is 2.84. The van der Waals surface area contributed by atoms with Crippen LogP contribution in [-0.4, -0.2) is 67.4 Å². The molecule has 1 aliphatic carbocycles. The summed E-state index contributed by atoms with van der Waals surface area (Å²) in [5.41, 5.74) is 1.59. The number of amides is 2. The highest BCUT2D eigenvalue weighted by Gasteiger charge is 2.33. The van der Waals surface area contributed by atoms with Crippen LogP contribution >= 0.6 is 0 Å². The van der Waals surface area contributed by atoms with Crippen molar-refractivity contribution in [3.63, 3.8) is 0 Å². The number of aliphatic hydroxyl groups is 1. The number of aliphatic hydroxyl groups excluding tert-OH is 1. The van der Waals surface area contributed by atoms with Crippen molar-refractivity contribution in [1.82, 2.24) is 10.2 Å². The first-order valence-electron chi connectivity index (χ1n) is 12.1. The van der Waals surface area contributed by atoms with Crippen LogP contribution < -0.4 is 10.1 Å². The van der Waals surface area contributed by atoms with E-state index in [1.807, 2.05) is 56.0 Å². The molecule has 1 aromatic carbocycles. The molecule has 7 nitrogen and oxygen atoms in total. The predicted octanol–water partition coefficient (Wildman–Crippen LogP) is 3.63. The molecule has 0 radical (unpaired) electrons. The Labute approximate surface area is 199 Å². The fraction of sp³-hybridized carbons (Fsp3) is 0.615. The van der Waals surface area contributed by atoms with E-state index in [1.165, 1.54) is 0 Å². The van der Waals surface area contributed by atoms with Gasteiger partial charge in [0.1, 0.15) is 11.9 Å². The number of rotatable bonds is 12. The second-order valence-corrected chi connectivity index (χ2v) is 7.87. The maximum absolute atomic E-state index is 13.0. The number of benzene rings is 1. The molecule has 0 aliphatic heterocycles. The number of unbranched alkanes of at least 4 members (excludes halogenated alkanes) is 1. The normalized spacial score (nSPS) is 17.3. The minimum atomic E-state index is -0.334. The van der Waals surface area contributed by atoms with E-state index in [0.717, 1.165) is 24.2 Å². The SMILES string of the molecule is CC.CCCCC(=O)N(CCOC)C1CC(C(=O)NCCO)=CC(Oc2ccccc2C)C1. The number of nitrogens with one attached hydrogen (secondary N) is 1. The molecular formula is C26H42N2O5. The molecule has 2 rings (SSSR count). The standard InChI is InChI=1S/C24H36N2O5.C2H6/c1-4-5-10-23(28)26(12-14-30-3)20-15-19(24(29)25-11-13-27)16-21(17-20)31-22-9-7-6-8-18(22)2;1-2/h6-9,16,20-21,27H,4-5,10-15,17H2,1-3H3,(H,25,29);1-2H3. The summed E-state index contributed by atoms with van der Waals surface area (Å²) in [5, 5.41) is 11.8. The topological polar surface area (TPSA) is 88.1 Å². The Morgan fingerprint density at radius 2 is 1.97 bits per heavy atom. The second-order valence-electron chi connectivity index (χ2n) is 7.87. The van der Waals surface area contributed by atoms with E-state index >= 15 is 0 Å². The summed E-state index contributed by atoms with van der Waals surface area (Å²) < 4.78 is 11.5. The number of hydrogen-bond donors (Lipinski definition) is 2. The summed E-state index contributed by atoms with van der Waals surface area (Å²) in [7, 11) is 1.62. The first-order valence-corrected chi connectivity index (χ1v) is 12.1. The Hall–Kier alpha value is -2.38. The Bertz CT molecular complexity index is 750. The van der Waals surface area contributed by atoms with E-state index in [2.05, 4.69) is 12.2 Å². The smallest absolute Gasteiger partial charge is 0.247 e. The van der Waals surface area contributed by atoms with Crippen molar-refractivity contribution in [2.24, 2.45) is 0 Å². The molecule has 0 heterocycles. The van der Waals surface area contributed by atoms with E-state index in [4.69, 9.17) is 14.6 Å². The van der Waals surface area contributed by atoms with Gasteiger partial charge in [0.05, 0.1) is 13.2 Å². The molecule has 7 heteroatoms. The molecular weight excluding hydrogens is 420 g/mol. The molecule has 186 valence electrons. The van der Waals surface area contributed by atoms with Crippen LogP contribution in [0.4, 0.5) is 0 Å². The fourth-order valence-electron chi connectivity index (χ4n) is 3.76. The largest absolute Gasteiger partial charge is 0.486 e. The van der Waals surface area contributed by atoms with Gasteiger partial charge in [-0.15, -0.1) is 0 Å². The molecule has 33 heavy (non-hydrogen) atoms. The van der Waals surface area contributed by atoms with Gasteiger partial charge in [0.15, 0.2) is 0 Å². The number of para-hydroxylation sites is 1. The van der Waals surface area contributed by atoms with E-state index < -0.39 is 0 Å². The van der Waals surface area contributed by atoms with Gasteiger partial charge < -0.3 is 24.8 Å². The fourth-order valence-corrected chi connectivity index (χ4v) is 3.76. The van der Waals surface area contributed by atoms with E-state index in [9.17, 15) is 9.59 Å². The Balaban J connectivity index is 0.00000265. The maximum atomic E-state index is 13.0. The number of carbonyl (C=O) groups excluding carboxylic acids is 2. The number of ether oxygens (including phenoxy) is 2. The van der Waals surface area contributed by atoms with Gasteiger partial charge in [-0.05, 0) is 37.5 Å². The van der Waals surface area contributed by atoms with Gasteiger partial charge in [0.2, 0.25) is 11.8 Å². The number of aryl methyl sites for hydroxylation is 1. The van der Waals surface area contributed by atoms with Gasteiger partial charge in [-0.2, -0.15) is 0 Å². The van der Waals surface area contributed by atoms with Gasteiger partial charge in [0.25, 0.3) is 0 Å². The maximum Gasteiger partial charge on any atom is 0.247 e. The van der Waals surface area contributed by atoms with Gasteiger partial charge in [-0.25, -0.2) is 0 Å². The molecule has 0 aromatic heterocycles. The third-order valence-corrected chi connectivity index (χ3v) is 5.45. The third kappa shape index (κ3) is 9.56. The Kier molecular flexibility index (Phi) is 14.1. The summed E-state index contributed by atoms with van der Waals surface area (Å²) in [6.07, 6.45) is 4.83. The van der Waals surface area contributed by atoms with Gasteiger partial charge in [-0.3, -0.25) is 9.59 Å². The summed E-state index contributed by atoms with van der Waals surface area (Å²) in [4.78, 5) is 27.5. The Morgan fingerprint density at radius 1 is 1.24 bits per heavy atom. The number of hydrogen-bond acceptors (Lipinski definition) is 5. The molecule has 2 N–H and O–H groups in total. The van der Waals surface area contributed by atoms with Crippen LogP contribution in [0.25, 0.3) is 0 Å². The van der Waals surface area contributed by atoms with E-state index in [-0.39, 0.29) is 37.1 Å². The molecule has 0 spiro atoms. The number of nitrogens with zero attached hydrogens (tertiary/aromatic N) is 1. The van der Waals surface area contributed by atoms with Crippen molar-refractivity contribution < 1.29 is 24.2 Å². The molecule has 0 saturated heterocycles. The molecule has 1 aliphatic rings. The van der Waals surface area contributed by atoms with Crippen LogP contribution in [0.2, 0.25) is 0 Å². The van der Waals surface area contributed by atoms with Crippen molar-refractivity contribution in [3.05, 3.63) is 41.5 Å². The van der Waals surface area contributed by atoms with Crippen LogP contribution in [0.1, 0.15) is 58.4 Å². The number of carbonyl (C=O) groups is 2. The quantitative estimate of drug-likeness (QED) is 0.495. The van der Waals surface area contributed by atoms with Crippen LogP contribution in [0.15, 0.2) is 35.9 Å². The van der Waals surface area contributed by atoms with Crippen molar-refractivity contribution in [2.45, 2.75) is 71.9 Å². The first-order chi connectivity index (χ1) is 16.0. The average molecular weight is 463 g/mol. The van der Waals surface area contributed by atoms with Gasteiger partial charge in [-0.1, -0.05) is 45.4 Å². The molecule has 0 bridgehead atoms. The van der Waals surface area contributed by atoms with Crippen molar-refractivity contribution in [2.75, 3.05) is 33.4 Å². The lowest BCUT2D eigenvalue weighted by Gasteiger charge is -2.37. The monoisotopic (exact) mass is 462 g/mol. The van der Waals surface area contributed by atoms with Crippen LogP contribution in [0, 0.1) is 6.92 Å². The zero-order valence-corrected chi connectivity index (χ0v) is 20.9. The highest BCUT2D eigenvalue weighted by Crippen LogP contribution is 2.28. The highest BCUT2D eigenvalue weighted by atomic mass is 16.5. The molecule has 2 unspecified atom stereocenters. The van der Waals surface area contributed by atoms with Crippen LogP contribution in [0.5, 0.6) is 5.75 Å².